The Morgan fingerprint density at radius 2 is 2.18 bits per heavy atom. The Balaban J connectivity index is 1.47. The lowest BCUT2D eigenvalue weighted by Gasteiger charge is -2.32. The van der Waals surface area contributed by atoms with Crippen molar-refractivity contribution >= 4 is 33.8 Å². The van der Waals surface area contributed by atoms with Gasteiger partial charge in [-0.2, -0.15) is 15.4 Å². The van der Waals surface area contributed by atoms with Crippen LogP contribution >= 0.6 is 11.6 Å². The van der Waals surface area contributed by atoms with Gasteiger partial charge in [-0.15, -0.1) is 0 Å². The van der Waals surface area contributed by atoms with Gasteiger partial charge in [0, 0.05) is 42.2 Å². The molecule has 2 atom stereocenters. The number of nitriles is 1. The van der Waals surface area contributed by atoms with Gasteiger partial charge >= 0.3 is 0 Å². The van der Waals surface area contributed by atoms with E-state index in [0.29, 0.717) is 35.5 Å². The summed E-state index contributed by atoms with van der Waals surface area (Å²) in [6.45, 7) is 8.00. The minimum absolute atomic E-state index is 0.107. The number of pyridine rings is 1. The first kappa shape index (κ1) is 23.2. The molecule has 0 radical (unpaired) electrons. The third kappa shape index (κ3) is 5.53. The first-order chi connectivity index (χ1) is 16.0. The van der Waals surface area contributed by atoms with Crippen molar-refractivity contribution in [3.05, 3.63) is 35.5 Å². The van der Waals surface area contributed by atoms with Crippen molar-refractivity contribution in [3.63, 3.8) is 0 Å². The number of piperidine rings is 1. The number of ether oxygens (including phenoxy) is 1. The van der Waals surface area contributed by atoms with Gasteiger partial charge in [0.1, 0.15) is 5.17 Å². The number of H-pyrrole nitrogens is 1. The van der Waals surface area contributed by atoms with Crippen LogP contribution in [0.2, 0.25) is 0 Å². The van der Waals surface area contributed by atoms with Crippen LogP contribution in [0.4, 0.5) is 0 Å². The smallest absolute Gasteiger partial charge is 0.229 e. The van der Waals surface area contributed by atoms with Crippen LogP contribution < -0.4 is 0 Å². The highest BCUT2D eigenvalue weighted by Gasteiger charge is 2.38. The Kier molecular flexibility index (Phi) is 7.29. The average Bonchev–Trinajstić information content (AvgIpc) is 3.43. The molecule has 3 heterocycles. The number of hydrogen-bond acceptors (Lipinski definition) is 5. The Morgan fingerprint density at radius 1 is 1.39 bits per heavy atom. The molecule has 2 aromatic rings. The fourth-order valence-electron chi connectivity index (χ4n) is 4.29. The predicted octanol–water partition coefficient (Wildman–Crippen LogP) is 4.89. The second kappa shape index (κ2) is 10.3. The topological polar surface area (TPSA) is 103 Å². The van der Waals surface area contributed by atoms with Crippen LogP contribution in [0.1, 0.15) is 56.7 Å². The van der Waals surface area contributed by atoms with Crippen LogP contribution in [0.15, 0.2) is 34.2 Å². The van der Waals surface area contributed by atoms with Crippen molar-refractivity contribution in [2.75, 3.05) is 19.7 Å². The van der Waals surface area contributed by atoms with E-state index in [2.05, 4.69) is 38.1 Å². The molecule has 1 saturated carbocycles. The number of aromatic nitrogens is 3. The molecule has 174 valence electrons. The number of halogens is 1. The molecule has 8 nitrogen and oxygen atoms in total. The Morgan fingerprint density at radius 3 is 2.85 bits per heavy atom. The lowest BCUT2D eigenvalue weighted by atomic mass is 9.91. The van der Waals surface area contributed by atoms with E-state index in [9.17, 15) is 0 Å². The number of aryl methyl sites for hydroxylation is 1. The van der Waals surface area contributed by atoms with Crippen molar-refractivity contribution in [2.24, 2.45) is 21.8 Å². The molecule has 1 N–H and O–H groups in total. The number of aliphatic imine (C=N–C) groups is 2. The third-order valence-electron chi connectivity index (χ3n) is 6.25. The van der Waals surface area contributed by atoms with Crippen molar-refractivity contribution in [2.45, 2.75) is 52.4 Å². The first-order valence-corrected chi connectivity index (χ1v) is 11.9. The summed E-state index contributed by atoms with van der Waals surface area (Å²) in [5.41, 5.74) is 3.13. The molecule has 0 aromatic carbocycles. The number of aromatic amines is 1. The van der Waals surface area contributed by atoms with Gasteiger partial charge < -0.3 is 9.64 Å². The minimum Gasteiger partial charge on any atom is -0.477 e. The highest BCUT2D eigenvalue weighted by molar-refractivity contribution is 6.65. The number of hydrogen-bond donors (Lipinski definition) is 1. The zero-order chi connectivity index (χ0) is 23.4. The molecule has 1 aliphatic carbocycles. The summed E-state index contributed by atoms with van der Waals surface area (Å²) in [6.07, 6.45) is 7.33. The van der Waals surface area contributed by atoms with Gasteiger partial charge in [-0.1, -0.05) is 18.5 Å². The molecule has 2 unspecified atom stereocenters. The number of allylic oxidation sites excluding steroid dienone is 1. The van der Waals surface area contributed by atoms with E-state index < -0.39 is 0 Å². The maximum absolute atomic E-state index is 9.03. The molecule has 1 saturated heterocycles. The van der Waals surface area contributed by atoms with Crippen molar-refractivity contribution < 1.29 is 4.74 Å². The third-order valence-corrected chi connectivity index (χ3v) is 6.34. The summed E-state index contributed by atoms with van der Waals surface area (Å²) in [5.74, 6) is 1.89. The van der Waals surface area contributed by atoms with Gasteiger partial charge in [-0.25, -0.2) is 9.98 Å². The van der Waals surface area contributed by atoms with Crippen LogP contribution in [0.25, 0.3) is 11.0 Å². The maximum Gasteiger partial charge on any atom is 0.229 e. The average molecular weight is 468 g/mol. The first-order valence-electron chi connectivity index (χ1n) is 11.6. The number of rotatable bonds is 6. The molecule has 1 aliphatic heterocycles. The van der Waals surface area contributed by atoms with Gasteiger partial charge in [-0.05, 0) is 57.2 Å². The normalized spacial score (nSPS) is 22.5. The SMILES string of the molecule is CC/C=C(/N=C(\N=C(/C)Cl)N1CCC(c2[nH]nc3nccc(C)c23)CC1)OCC1CC1C#N. The quantitative estimate of drug-likeness (QED) is 0.370. The zero-order valence-corrected chi connectivity index (χ0v) is 20.1. The summed E-state index contributed by atoms with van der Waals surface area (Å²) < 4.78 is 5.95. The number of nitrogens with one attached hydrogen (secondary N) is 1. The molecule has 2 fully saturated rings. The van der Waals surface area contributed by atoms with E-state index in [1.54, 1.807) is 13.1 Å². The van der Waals surface area contributed by atoms with Crippen LogP contribution in [0.5, 0.6) is 0 Å². The zero-order valence-electron chi connectivity index (χ0n) is 19.4. The van der Waals surface area contributed by atoms with Crippen molar-refractivity contribution in [1.82, 2.24) is 20.1 Å². The second-order valence-electron chi connectivity index (χ2n) is 8.74. The standard InChI is InChI=1S/C24H30ClN7O/c1-4-5-20(33-14-19-12-18(19)13-26)29-24(28-16(3)25)32-10-7-17(8-11-32)22-21-15(2)6-9-27-23(21)31-30-22/h5-6,9,17-19H,4,7-8,10-12,14H2,1-3H3,(H,27,30,31)/b20-5-,28-16+,29-24+. The van der Waals surface area contributed by atoms with E-state index in [-0.39, 0.29) is 5.92 Å². The van der Waals surface area contributed by atoms with Crippen LogP contribution in [-0.2, 0) is 4.74 Å². The monoisotopic (exact) mass is 467 g/mol. The Hall–Kier alpha value is -2.92. The highest BCUT2D eigenvalue weighted by Crippen LogP contribution is 2.38. The Labute approximate surface area is 199 Å². The number of guanidine groups is 1. The molecule has 4 rings (SSSR count). The van der Waals surface area contributed by atoms with E-state index in [0.717, 1.165) is 55.5 Å². The summed E-state index contributed by atoms with van der Waals surface area (Å²) in [7, 11) is 0. The lowest BCUT2D eigenvalue weighted by Crippen LogP contribution is -2.37. The molecule has 0 spiro atoms. The molecular weight excluding hydrogens is 438 g/mol. The number of fused-ring (bicyclic) bond motifs is 1. The summed E-state index contributed by atoms with van der Waals surface area (Å²) in [5, 5.41) is 18.2. The Bertz CT molecular complexity index is 1120. The molecule has 33 heavy (non-hydrogen) atoms. The summed E-state index contributed by atoms with van der Waals surface area (Å²) >= 11 is 6.15. The van der Waals surface area contributed by atoms with Crippen LogP contribution in [0, 0.1) is 30.1 Å². The van der Waals surface area contributed by atoms with Gasteiger partial charge in [0.05, 0.1) is 18.6 Å². The second-order valence-corrected chi connectivity index (χ2v) is 9.29. The largest absolute Gasteiger partial charge is 0.477 e. The fourth-order valence-corrected chi connectivity index (χ4v) is 4.37. The predicted molar refractivity (Wildman–Crippen MR) is 130 cm³/mol. The van der Waals surface area contributed by atoms with Crippen molar-refractivity contribution in [1.29, 1.82) is 5.26 Å². The van der Waals surface area contributed by atoms with Gasteiger partial charge in [0.15, 0.2) is 5.65 Å². The van der Waals surface area contributed by atoms with E-state index in [1.165, 1.54) is 5.56 Å². The van der Waals surface area contributed by atoms with E-state index >= 15 is 0 Å². The maximum atomic E-state index is 9.03. The van der Waals surface area contributed by atoms with E-state index in [1.807, 2.05) is 19.1 Å². The van der Waals surface area contributed by atoms with Crippen molar-refractivity contribution in [3.8, 4) is 6.07 Å². The molecular formula is C24H30ClN7O. The van der Waals surface area contributed by atoms with Crippen LogP contribution in [0.3, 0.4) is 0 Å². The molecule has 9 heteroatoms. The van der Waals surface area contributed by atoms with E-state index in [4.69, 9.17) is 26.6 Å². The molecule has 0 bridgehead atoms. The molecule has 2 aliphatic rings. The fraction of sp³-hybridized carbons (Fsp3) is 0.542. The van der Waals surface area contributed by atoms with Gasteiger partial charge in [0.25, 0.3) is 0 Å². The summed E-state index contributed by atoms with van der Waals surface area (Å²) in [6, 6.07) is 4.33. The summed E-state index contributed by atoms with van der Waals surface area (Å²) in [4.78, 5) is 15.8. The highest BCUT2D eigenvalue weighted by atomic mass is 35.5. The van der Waals surface area contributed by atoms with Crippen LogP contribution in [-0.4, -0.2) is 50.9 Å². The molecule has 0 amide bonds. The van der Waals surface area contributed by atoms with Gasteiger partial charge in [-0.3, -0.25) is 5.10 Å². The minimum atomic E-state index is 0.107. The number of nitrogens with zero attached hydrogens (tertiary/aromatic N) is 6. The number of likely N-dealkylation sites (tertiary alicyclic amines) is 1. The lowest BCUT2D eigenvalue weighted by molar-refractivity contribution is 0.192. The molecule has 2 aromatic heterocycles. The van der Waals surface area contributed by atoms with Gasteiger partial charge in [0.2, 0.25) is 11.8 Å².